The number of sulfonamides is 1. The SMILES string of the molecule is CC1(NC(=O)c2cccc(S(N)(=O)=O)c2)CCCC1. The predicted molar refractivity (Wildman–Crippen MR) is 72.2 cm³/mol. The lowest BCUT2D eigenvalue weighted by Gasteiger charge is -2.25. The van der Waals surface area contributed by atoms with Crippen LogP contribution in [0.2, 0.25) is 0 Å². The second-order valence-electron chi connectivity index (χ2n) is 5.29. The molecule has 5 nitrogen and oxygen atoms in total. The number of rotatable bonds is 3. The molecule has 1 fully saturated rings. The summed E-state index contributed by atoms with van der Waals surface area (Å²) in [6.45, 7) is 2.02. The van der Waals surface area contributed by atoms with Gasteiger partial charge >= 0.3 is 0 Å². The van der Waals surface area contributed by atoms with Crippen LogP contribution >= 0.6 is 0 Å². The van der Waals surface area contributed by atoms with E-state index in [1.165, 1.54) is 18.2 Å². The van der Waals surface area contributed by atoms with Crippen LogP contribution in [-0.4, -0.2) is 19.9 Å². The van der Waals surface area contributed by atoms with E-state index in [-0.39, 0.29) is 16.3 Å². The van der Waals surface area contributed by atoms with Crippen LogP contribution in [0.5, 0.6) is 0 Å². The van der Waals surface area contributed by atoms with Crippen molar-refractivity contribution >= 4 is 15.9 Å². The third-order valence-corrected chi connectivity index (χ3v) is 4.46. The van der Waals surface area contributed by atoms with Crippen molar-refractivity contribution in [3.05, 3.63) is 29.8 Å². The summed E-state index contributed by atoms with van der Waals surface area (Å²) in [5.41, 5.74) is 0.133. The highest BCUT2D eigenvalue weighted by Crippen LogP contribution is 2.29. The maximum absolute atomic E-state index is 12.1. The smallest absolute Gasteiger partial charge is 0.251 e. The summed E-state index contributed by atoms with van der Waals surface area (Å²) in [6.07, 6.45) is 4.11. The van der Waals surface area contributed by atoms with Crippen molar-refractivity contribution in [2.24, 2.45) is 5.14 Å². The van der Waals surface area contributed by atoms with Crippen LogP contribution in [0.3, 0.4) is 0 Å². The highest BCUT2D eigenvalue weighted by molar-refractivity contribution is 7.89. The number of benzene rings is 1. The van der Waals surface area contributed by atoms with Gasteiger partial charge in [-0.25, -0.2) is 13.6 Å². The zero-order valence-electron chi connectivity index (χ0n) is 10.8. The Morgan fingerprint density at radius 3 is 2.53 bits per heavy atom. The van der Waals surface area contributed by atoms with Gasteiger partial charge in [-0.1, -0.05) is 18.9 Å². The Labute approximate surface area is 113 Å². The van der Waals surface area contributed by atoms with Gasteiger partial charge in [-0.05, 0) is 38.0 Å². The highest BCUT2D eigenvalue weighted by Gasteiger charge is 2.30. The first-order valence-corrected chi connectivity index (χ1v) is 7.80. The fourth-order valence-electron chi connectivity index (χ4n) is 2.44. The fraction of sp³-hybridized carbons (Fsp3) is 0.462. The number of carbonyl (C=O) groups excluding carboxylic acids is 1. The average molecular weight is 282 g/mol. The minimum Gasteiger partial charge on any atom is -0.347 e. The van der Waals surface area contributed by atoms with Crippen molar-refractivity contribution in [3.8, 4) is 0 Å². The Hall–Kier alpha value is -1.40. The molecule has 2 rings (SSSR count). The molecule has 0 unspecified atom stereocenters. The molecule has 0 spiro atoms. The number of carbonyl (C=O) groups is 1. The summed E-state index contributed by atoms with van der Waals surface area (Å²) in [4.78, 5) is 12.1. The molecule has 3 N–H and O–H groups in total. The van der Waals surface area contributed by atoms with Gasteiger partial charge in [-0.2, -0.15) is 0 Å². The van der Waals surface area contributed by atoms with Gasteiger partial charge in [-0.15, -0.1) is 0 Å². The number of hydrogen-bond acceptors (Lipinski definition) is 3. The first-order valence-electron chi connectivity index (χ1n) is 6.26. The number of hydrogen-bond donors (Lipinski definition) is 2. The first kappa shape index (κ1) is 14.0. The quantitative estimate of drug-likeness (QED) is 0.878. The van der Waals surface area contributed by atoms with Gasteiger partial charge < -0.3 is 5.32 Å². The largest absolute Gasteiger partial charge is 0.347 e. The summed E-state index contributed by atoms with van der Waals surface area (Å²) in [7, 11) is -3.78. The maximum Gasteiger partial charge on any atom is 0.251 e. The van der Waals surface area contributed by atoms with E-state index in [0.717, 1.165) is 25.7 Å². The Balaban J connectivity index is 2.20. The second-order valence-corrected chi connectivity index (χ2v) is 6.86. The fourth-order valence-corrected chi connectivity index (χ4v) is 3.00. The molecule has 1 aromatic carbocycles. The number of nitrogens with two attached hydrogens (primary N) is 1. The highest BCUT2D eigenvalue weighted by atomic mass is 32.2. The number of primary sulfonamides is 1. The number of nitrogens with one attached hydrogen (secondary N) is 1. The second kappa shape index (κ2) is 4.94. The van der Waals surface area contributed by atoms with Gasteiger partial charge in [-0.3, -0.25) is 4.79 Å². The zero-order chi connectivity index (χ0) is 14.1. The average Bonchev–Trinajstić information content (AvgIpc) is 2.75. The molecule has 0 bridgehead atoms. The third-order valence-electron chi connectivity index (χ3n) is 3.55. The molecule has 1 aliphatic rings. The van der Waals surface area contributed by atoms with Gasteiger partial charge in [0.1, 0.15) is 0 Å². The zero-order valence-corrected chi connectivity index (χ0v) is 11.7. The van der Waals surface area contributed by atoms with Crippen LogP contribution in [0.1, 0.15) is 43.0 Å². The van der Waals surface area contributed by atoms with Crippen molar-refractivity contribution in [2.45, 2.75) is 43.0 Å². The molecule has 1 saturated carbocycles. The van der Waals surface area contributed by atoms with Crippen LogP contribution in [0.25, 0.3) is 0 Å². The van der Waals surface area contributed by atoms with E-state index in [1.807, 2.05) is 6.92 Å². The molecule has 6 heteroatoms. The minimum atomic E-state index is -3.78. The van der Waals surface area contributed by atoms with E-state index in [9.17, 15) is 13.2 Å². The number of amides is 1. The molecule has 0 heterocycles. The van der Waals surface area contributed by atoms with Crippen LogP contribution in [0.15, 0.2) is 29.2 Å². The minimum absolute atomic E-state index is 0.0447. The standard InChI is InChI=1S/C13H18N2O3S/c1-13(7-2-3-8-13)15-12(16)10-5-4-6-11(9-10)19(14,17)18/h4-6,9H,2-3,7-8H2,1H3,(H,15,16)(H2,14,17,18). The Bertz CT molecular complexity index is 590. The first-order chi connectivity index (χ1) is 8.80. The van der Waals surface area contributed by atoms with Crippen LogP contribution in [0.4, 0.5) is 0 Å². The summed E-state index contributed by atoms with van der Waals surface area (Å²) < 4.78 is 22.5. The lowest BCUT2D eigenvalue weighted by Crippen LogP contribution is -2.43. The van der Waals surface area contributed by atoms with Gasteiger partial charge in [0.25, 0.3) is 5.91 Å². The summed E-state index contributed by atoms with van der Waals surface area (Å²) in [5, 5.41) is 8.03. The molecular formula is C13H18N2O3S. The van der Waals surface area contributed by atoms with E-state index in [2.05, 4.69) is 5.32 Å². The molecule has 1 aliphatic carbocycles. The van der Waals surface area contributed by atoms with E-state index in [1.54, 1.807) is 6.07 Å². The van der Waals surface area contributed by atoms with Crippen molar-refractivity contribution in [1.29, 1.82) is 0 Å². The van der Waals surface area contributed by atoms with E-state index >= 15 is 0 Å². The molecule has 1 amide bonds. The summed E-state index contributed by atoms with van der Waals surface area (Å²) in [5.74, 6) is -0.255. The normalized spacial score (nSPS) is 18.2. The molecule has 0 atom stereocenters. The van der Waals surface area contributed by atoms with Crippen molar-refractivity contribution in [3.63, 3.8) is 0 Å². The van der Waals surface area contributed by atoms with Crippen molar-refractivity contribution < 1.29 is 13.2 Å². The van der Waals surface area contributed by atoms with E-state index < -0.39 is 10.0 Å². The van der Waals surface area contributed by atoms with Crippen LogP contribution in [0, 0.1) is 0 Å². The molecule has 19 heavy (non-hydrogen) atoms. The lowest BCUT2D eigenvalue weighted by molar-refractivity contribution is 0.0908. The summed E-state index contributed by atoms with van der Waals surface area (Å²) in [6, 6.07) is 5.79. The van der Waals surface area contributed by atoms with Gasteiger partial charge in [0.05, 0.1) is 4.90 Å². The molecule has 0 aromatic heterocycles. The van der Waals surface area contributed by atoms with Gasteiger partial charge in [0.15, 0.2) is 0 Å². The van der Waals surface area contributed by atoms with Crippen LogP contribution < -0.4 is 10.5 Å². The van der Waals surface area contributed by atoms with Crippen molar-refractivity contribution in [1.82, 2.24) is 5.32 Å². The molecule has 0 saturated heterocycles. The lowest BCUT2D eigenvalue weighted by atomic mass is 10.00. The van der Waals surface area contributed by atoms with Crippen LogP contribution in [-0.2, 0) is 10.0 Å². The maximum atomic E-state index is 12.1. The monoisotopic (exact) mass is 282 g/mol. The summed E-state index contributed by atoms with van der Waals surface area (Å²) >= 11 is 0. The Morgan fingerprint density at radius 1 is 1.32 bits per heavy atom. The van der Waals surface area contributed by atoms with E-state index in [0.29, 0.717) is 5.56 Å². The van der Waals surface area contributed by atoms with Gasteiger partial charge in [0.2, 0.25) is 10.0 Å². The molecule has 1 aromatic rings. The van der Waals surface area contributed by atoms with E-state index in [4.69, 9.17) is 5.14 Å². The topological polar surface area (TPSA) is 89.3 Å². The third kappa shape index (κ3) is 3.33. The molecule has 104 valence electrons. The molecular weight excluding hydrogens is 264 g/mol. The Morgan fingerprint density at radius 2 is 1.95 bits per heavy atom. The van der Waals surface area contributed by atoms with Crippen molar-refractivity contribution in [2.75, 3.05) is 0 Å². The molecule has 0 aliphatic heterocycles. The molecule has 0 radical (unpaired) electrons. The Kier molecular flexibility index (Phi) is 3.64. The predicted octanol–water partition coefficient (Wildman–Crippen LogP) is 1.40. The van der Waals surface area contributed by atoms with Gasteiger partial charge in [0, 0.05) is 11.1 Å².